The van der Waals surface area contributed by atoms with Crippen LogP contribution in [0.1, 0.15) is 10.4 Å². The summed E-state index contributed by atoms with van der Waals surface area (Å²) >= 11 is 18.5. The molecule has 1 aromatic rings. The average molecular weight is 520 g/mol. The van der Waals surface area contributed by atoms with Crippen molar-refractivity contribution in [3.8, 4) is 5.75 Å². The molecule has 0 aliphatic carbocycles. The minimum atomic E-state index is -5.26. The third-order valence-electron chi connectivity index (χ3n) is 2.67. The monoisotopic (exact) mass is 518 g/mol. The van der Waals surface area contributed by atoms with Gasteiger partial charge in [-0.1, -0.05) is 34.8 Å². The van der Waals surface area contributed by atoms with Crippen LogP contribution in [-0.4, -0.2) is 35.2 Å². The third-order valence-corrected chi connectivity index (χ3v) is 3.89. The zero-order valence-electron chi connectivity index (χ0n) is 12.7. The van der Waals surface area contributed by atoms with Crippen molar-refractivity contribution < 1.29 is 41.4 Å². The van der Waals surface area contributed by atoms with E-state index in [1.54, 1.807) is 0 Å². The number of hydrogen-bond acceptors (Lipinski definition) is 5. The Kier molecular flexibility index (Phi) is 7.19. The van der Waals surface area contributed by atoms with Crippen molar-refractivity contribution in [3.05, 3.63) is 21.9 Å². The zero-order chi connectivity index (χ0) is 21.3. The number of primary amides is 1. The molecule has 0 saturated heterocycles. The molecule has 0 aliphatic rings. The molecule has 0 aliphatic heterocycles. The number of alkyl halides is 6. The number of imide groups is 1. The fourth-order valence-electron chi connectivity index (χ4n) is 1.71. The number of halogens is 8. The predicted molar refractivity (Wildman–Crippen MR) is 89.5 cm³/mol. The van der Waals surface area contributed by atoms with Crippen LogP contribution >= 0.6 is 50.7 Å². The van der Waals surface area contributed by atoms with Crippen LogP contribution in [0.2, 0.25) is 0 Å². The lowest BCUT2D eigenvalue weighted by Crippen LogP contribution is -2.47. The van der Waals surface area contributed by atoms with E-state index in [4.69, 9.17) is 40.5 Å². The van der Waals surface area contributed by atoms with Crippen LogP contribution in [0.3, 0.4) is 0 Å². The van der Waals surface area contributed by atoms with E-state index in [-0.39, 0.29) is 4.90 Å². The number of amides is 3. The van der Waals surface area contributed by atoms with Gasteiger partial charge in [-0.3, -0.25) is 4.79 Å². The summed E-state index contributed by atoms with van der Waals surface area (Å²) in [4.78, 5) is 35.4. The zero-order valence-corrected chi connectivity index (χ0v) is 16.5. The molecule has 0 aromatic heterocycles. The molecule has 0 spiro atoms. The molecule has 0 bridgehead atoms. The second-order valence-electron chi connectivity index (χ2n) is 4.41. The molecule has 150 valence electrons. The summed E-state index contributed by atoms with van der Waals surface area (Å²) in [6.07, 6.45) is -5.26. The van der Waals surface area contributed by atoms with E-state index in [1.165, 1.54) is 0 Å². The summed E-state index contributed by atoms with van der Waals surface area (Å²) in [5, 5.41) is 0. The topological polar surface area (TPSA) is 98.9 Å². The predicted octanol–water partition coefficient (Wildman–Crippen LogP) is 4.06. The lowest BCUT2D eigenvalue weighted by atomic mass is 10.1. The Labute approximate surface area is 171 Å². The van der Waals surface area contributed by atoms with Crippen LogP contribution < -0.4 is 15.4 Å². The Morgan fingerprint density at radius 3 is 2.11 bits per heavy atom. The van der Waals surface area contributed by atoms with Gasteiger partial charge in [0, 0.05) is 0 Å². The molecular formula is C12H6BrCl3F4N2O5. The van der Waals surface area contributed by atoms with Crippen molar-refractivity contribution in [2.24, 2.45) is 5.73 Å². The fourth-order valence-corrected chi connectivity index (χ4v) is 2.35. The molecule has 7 nitrogen and oxygen atoms in total. The maximum absolute atomic E-state index is 14.7. The lowest BCUT2D eigenvalue weighted by molar-refractivity contribution is -0.275. The summed E-state index contributed by atoms with van der Waals surface area (Å²) in [5.74, 6) is -6.10. The molecular weight excluding hydrogens is 514 g/mol. The van der Waals surface area contributed by atoms with Crippen LogP contribution in [-0.2, 0) is 9.53 Å². The smallest absolute Gasteiger partial charge is 0.465 e. The van der Waals surface area contributed by atoms with Crippen LogP contribution in [0.4, 0.5) is 28.0 Å². The van der Waals surface area contributed by atoms with Crippen molar-refractivity contribution in [2.45, 2.75) is 10.2 Å². The van der Waals surface area contributed by atoms with Crippen LogP contribution in [0.15, 0.2) is 10.5 Å². The van der Waals surface area contributed by atoms with Gasteiger partial charge < -0.3 is 15.2 Å². The van der Waals surface area contributed by atoms with E-state index in [0.717, 1.165) is 7.11 Å². The number of esters is 1. The summed E-state index contributed by atoms with van der Waals surface area (Å²) < 4.78 is 56.2. The Hall–Kier alpha value is -1.50. The van der Waals surface area contributed by atoms with Gasteiger partial charge >= 0.3 is 18.4 Å². The van der Waals surface area contributed by atoms with Crippen molar-refractivity contribution in [1.82, 2.24) is 0 Å². The first-order valence-corrected chi connectivity index (χ1v) is 8.11. The maximum atomic E-state index is 14.7. The number of ether oxygens (including phenoxy) is 2. The molecule has 0 atom stereocenters. The van der Waals surface area contributed by atoms with Gasteiger partial charge in [-0.2, -0.15) is 0 Å². The second kappa shape index (κ2) is 8.25. The highest BCUT2D eigenvalue weighted by Gasteiger charge is 2.43. The first-order chi connectivity index (χ1) is 12.1. The number of carbonyl (C=O) groups is 3. The average Bonchev–Trinajstić information content (AvgIpc) is 2.50. The van der Waals surface area contributed by atoms with Gasteiger partial charge in [-0.25, -0.2) is 18.9 Å². The van der Waals surface area contributed by atoms with Gasteiger partial charge in [-0.15, -0.1) is 13.2 Å². The number of methoxy groups -OCH3 is 1. The Balaban J connectivity index is 3.84. The number of anilines is 1. The van der Waals surface area contributed by atoms with Gasteiger partial charge in [0.25, 0.3) is 9.70 Å². The first-order valence-electron chi connectivity index (χ1n) is 6.18. The summed E-state index contributed by atoms with van der Waals surface area (Å²) in [7, 11) is 0.793. The molecule has 0 saturated carbocycles. The van der Waals surface area contributed by atoms with E-state index in [0.29, 0.717) is 6.07 Å². The van der Waals surface area contributed by atoms with E-state index in [1.807, 2.05) is 0 Å². The number of hydrogen-bond donors (Lipinski definition) is 1. The molecule has 1 aromatic carbocycles. The Bertz CT molecular complexity index is 801. The minimum Gasteiger partial charge on any atom is -0.465 e. The standard InChI is InChI=1S/C12H6BrCl3F4N2O5/c1-26-8(23)3-2-4(27-12(18,19)20)5(13)6(17)7(3)22(10(21)25)9(24)11(14,15)16/h2H,1H3,(H2,21,25). The largest absolute Gasteiger partial charge is 0.573 e. The van der Waals surface area contributed by atoms with Crippen LogP contribution in [0, 0.1) is 5.82 Å². The lowest BCUT2D eigenvalue weighted by Gasteiger charge is -2.25. The summed E-state index contributed by atoms with van der Waals surface area (Å²) in [6, 6.07) is -1.35. The Morgan fingerprint density at radius 1 is 1.22 bits per heavy atom. The number of nitrogens with zero attached hydrogens (tertiary/aromatic N) is 1. The number of rotatable bonds is 3. The van der Waals surface area contributed by atoms with Crippen LogP contribution in [0.25, 0.3) is 0 Å². The normalized spacial score (nSPS) is 11.7. The minimum absolute atomic E-state index is 0.239. The molecule has 3 amide bonds. The maximum Gasteiger partial charge on any atom is 0.573 e. The number of nitrogens with two attached hydrogens (primary N) is 1. The highest BCUT2D eigenvalue weighted by Crippen LogP contribution is 2.41. The van der Waals surface area contributed by atoms with E-state index < -0.39 is 55.4 Å². The third kappa shape index (κ3) is 5.50. The van der Waals surface area contributed by atoms with Crippen molar-refractivity contribution >= 4 is 74.3 Å². The molecule has 0 radical (unpaired) electrons. The summed E-state index contributed by atoms with van der Waals surface area (Å²) in [5.41, 5.74) is 2.72. The van der Waals surface area contributed by atoms with E-state index in [9.17, 15) is 31.9 Å². The molecule has 0 unspecified atom stereocenters. The van der Waals surface area contributed by atoms with Crippen molar-refractivity contribution in [3.63, 3.8) is 0 Å². The molecule has 15 heteroatoms. The SMILES string of the molecule is COC(=O)c1cc(OC(F)(F)F)c(Br)c(F)c1N(C(N)=O)C(=O)C(Cl)(Cl)Cl. The molecule has 1 rings (SSSR count). The fraction of sp³-hybridized carbons (Fsp3) is 0.250. The highest BCUT2D eigenvalue weighted by atomic mass is 79.9. The van der Waals surface area contributed by atoms with E-state index >= 15 is 0 Å². The van der Waals surface area contributed by atoms with Gasteiger partial charge in [-0.05, 0) is 22.0 Å². The number of benzene rings is 1. The van der Waals surface area contributed by atoms with Crippen molar-refractivity contribution in [1.29, 1.82) is 0 Å². The number of urea groups is 1. The molecule has 0 fully saturated rings. The van der Waals surface area contributed by atoms with Crippen LogP contribution in [0.5, 0.6) is 5.75 Å². The van der Waals surface area contributed by atoms with Gasteiger partial charge in [0.2, 0.25) is 0 Å². The Morgan fingerprint density at radius 2 is 1.74 bits per heavy atom. The second-order valence-corrected chi connectivity index (χ2v) is 7.49. The van der Waals surface area contributed by atoms with Gasteiger partial charge in [0.05, 0.1) is 17.1 Å². The van der Waals surface area contributed by atoms with Gasteiger partial charge in [0.15, 0.2) is 5.82 Å². The quantitative estimate of drug-likeness (QED) is 0.368. The molecule has 2 N–H and O–H groups in total. The summed E-state index contributed by atoms with van der Waals surface area (Å²) in [6.45, 7) is 0. The first kappa shape index (κ1) is 23.5. The number of carbonyl (C=O) groups excluding carboxylic acids is 3. The molecule has 0 heterocycles. The highest BCUT2D eigenvalue weighted by molar-refractivity contribution is 9.10. The molecule has 27 heavy (non-hydrogen) atoms. The van der Waals surface area contributed by atoms with Gasteiger partial charge in [0.1, 0.15) is 11.4 Å². The van der Waals surface area contributed by atoms with E-state index in [2.05, 4.69) is 25.4 Å². The van der Waals surface area contributed by atoms with Crippen molar-refractivity contribution in [2.75, 3.05) is 12.0 Å².